The van der Waals surface area contributed by atoms with E-state index in [1.54, 1.807) is 24.3 Å². The first-order valence-corrected chi connectivity index (χ1v) is 4.48. The summed E-state index contributed by atoms with van der Waals surface area (Å²) in [5.41, 5.74) is 0.940. The Balaban J connectivity index is 0.000000203. The Labute approximate surface area is 98.2 Å². The fraction of sp³-hybridized carbons (Fsp3) is 0.100. The van der Waals surface area contributed by atoms with Crippen LogP contribution in [0.5, 0.6) is 0 Å². The van der Waals surface area contributed by atoms with Crippen molar-refractivity contribution in [2.24, 2.45) is 0 Å². The lowest BCUT2D eigenvalue weighted by atomic mass is 10.1. The first kappa shape index (κ1) is 13.7. The summed E-state index contributed by atoms with van der Waals surface area (Å²) < 4.78 is 31.7. The second-order valence-corrected chi connectivity index (χ2v) is 3.13. The molecule has 2 N–H and O–H groups in total. The van der Waals surface area contributed by atoms with Crippen LogP contribution < -0.4 is 5.32 Å². The molecule has 0 fully saturated rings. The van der Waals surface area contributed by atoms with Gasteiger partial charge in [-0.15, -0.1) is 0 Å². The van der Waals surface area contributed by atoms with Gasteiger partial charge in [-0.2, -0.15) is 13.2 Å². The van der Waals surface area contributed by atoms with Crippen LogP contribution in [-0.4, -0.2) is 29.1 Å². The van der Waals surface area contributed by atoms with Gasteiger partial charge in [-0.3, -0.25) is 14.9 Å². The highest BCUT2D eigenvalue weighted by Gasteiger charge is 2.38. The van der Waals surface area contributed by atoms with Crippen molar-refractivity contribution in [1.82, 2.24) is 5.32 Å². The molecule has 1 aromatic rings. The van der Waals surface area contributed by atoms with Crippen molar-refractivity contribution in [3.8, 4) is 0 Å². The van der Waals surface area contributed by atoms with E-state index in [0.29, 0.717) is 11.1 Å². The molecule has 8 heteroatoms. The van der Waals surface area contributed by atoms with Crippen LogP contribution in [-0.2, 0) is 4.79 Å². The summed E-state index contributed by atoms with van der Waals surface area (Å²) in [6.45, 7) is 0. The van der Waals surface area contributed by atoms with E-state index in [-0.39, 0.29) is 11.8 Å². The third-order valence-corrected chi connectivity index (χ3v) is 1.89. The zero-order valence-corrected chi connectivity index (χ0v) is 8.62. The minimum absolute atomic E-state index is 0.300. The Morgan fingerprint density at radius 1 is 1.06 bits per heavy atom. The molecule has 0 bridgehead atoms. The number of carboxylic acids is 1. The molecule has 1 aliphatic heterocycles. The Kier molecular flexibility index (Phi) is 3.70. The zero-order chi connectivity index (χ0) is 13.9. The summed E-state index contributed by atoms with van der Waals surface area (Å²) >= 11 is 0. The molecule has 1 aliphatic rings. The van der Waals surface area contributed by atoms with Gasteiger partial charge in [-0.1, -0.05) is 12.1 Å². The van der Waals surface area contributed by atoms with Crippen LogP contribution in [0.2, 0.25) is 0 Å². The van der Waals surface area contributed by atoms with Gasteiger partial charge in [-0.05, 0) is 12.1 Å². The van der Waals surface area contributed by atoms with Gasteiger partial charge in [0.25, 0.3) is 11.8 Å². The number of hydrogen-bond acceptors (Lipinski definition) is 3. The second-order valence-electron chi connectivity index (χ2n) is 3.13. The molecule has 0 unspecified atom stereocenters. The molecule has 0 spiro atoms. The standard InChI is InChI=1S/C8H5NO2.C2HF3O2/c10-7-5-3-1-2-4-6(5)8(11)9-7;3-2(4,5)1(6)7/h1-4H,(H,9,10,11);(H,6,7). The number of aliphatic carboxylic acids is 1. The Bertz CT molecular complexity index is 477. The van der Waals surface area contributed by atoms with Crippen molar-refractivity contribution in [3.05, 3.63) is 35.4 Å². The molecule has 2 amide bonds. The molecule has 5 nitrogen and oxygen atoms in total. The Hall–Kier alpha value is -2.38. The van der Waals surface area contributed by atoms with Gasteiger partial charge < -0.3 is 5.11 Å². The molecular weight excluding hydrogens is 255 g/mol. The second kappa shape index (κ2) is 4.86. The smallest absolute Gasteiger partial charge is 0.475 e. The van der Waals surface area contributed by atoms with Crippen LogP contribution in [0.15, 0.2) is 24.3 Å². The number of benzene rings is 1. The number of amides is 2. The summed E-state index contributed by atoms with van der Waals surface area (Å²) in [7, 11) is 0. The molecule has 0 saturated carbocycles. The topological polar surface area (TPSA) is 83.5 Å². The molecule has 0 aromatic heterocycles. The maximum atomic E-state index is 10.9. The molecule has 0 radical (unpaired) electrons. The van der Waals surface area contributed by atoms with Crippen LogP contribution in [0.4, 0.5) is 13.2 Å². The minimum Gasteiger partial charge on any atom is -0.475 e. The average Bonchev–Trinajstić information content (AvgIpc) is 2.55. The number of rotatable bonds is 0. The van der Waals surface area contributed by atoms with Crippen molar-refractivity contribution in [3.63, 3.8) is 0 Å². The summed E-state index contributed by atoms with van der Waals surface area (Å²) in [4.78, 5) is 30.8. The van der Waals surface area contributed by atoms with Crippen LogP contribution in [0.1, 0.15) is 20.7 Å². The third kappa shape index (κ3) is 3.06. The highest BCUT2D eigenvalue weighted by atomic mass is 19.4. The van der Waals surface area contributed by atoms with Crippen LogP contribution in [0.3, 0.4) is 0 Å². The van der Waals surface area contributed by atoms with Gasteiger partial charge in [0, 0.05) is 0 Å². The van der Waals surface area contributed by atoms with E-state index in [2.05, 4.69) is 5.32 Å². The molecule has 1 aromatic carbocycles. The quantitative estimate of drug-likeness (QED) is 0.687. The van der Waals surface area contributed by atoms with Gasteiger partial charge in [0.15, 0.2) is 0 Å². The lowest BCUT2D eigenvalue weighted by Gasteiger charge is -1.93. The third-order valence-electron chi connectivity index (χ3n) is 1.89. The first-order chi connectivity index (χ1) is 8.23. The SMILES string of the molecule is O=C(O)C(F)(F)F.O=C1NC(=O)c2ccccc21. The fourth-order valence-corrected chi connectivity index (χ4v) is 1.12. The molecule has 0 saturated heterocycles. The number of fused-ring (bicyclic) bond motifs is 1. The summed E-state index contributed by atoms with van der Waals surface area (Å²) in [6, 6.07) is 6.74. The predicted octanol–water partition coefficient (Wildman–Crippen LogP) is 1.20. The number of imide groups is 1. The lowest BCUT2D eigenvalue weighted by molar-refractivity contribution is -0.192. The first-order valence-electron chi connectivity index (χ1n) is 4.48. The number of nitrogens with one attached hydrogen (secondary N) is 1. The maximum absolute atomic E-state index is 10.9. The maximum Gasteiger partial charge on any atom is 0.490 e. The minimum atomic E-state index is -5.08. The molecule has 0 atom stereocenters. The van der Waals surface area contributed by atoms with Gasteiger partial charge in [0.1, 0.15) is 0 Å². The predicted molar refractivity (Wildman–Crippen MR) is 51.9 cm³/mol. The average molecular weight is 261 g/mol. The van der Waals surface area contributed by atoms with Crippen LogP contribution in [0, 0.1) is 0 Å². The van der Waals surface area contributed by atoms with Crippen LogP contribution in [0.25, 0.3) is 0 Å². The zero-order valence-electron chi connectivity index (χ0n) is 8.62. The van der Waals surface area contributed by atoms with Gasteiger partial charge >= 0.3 is 12.1 Å². The largest absolute Gasteiger partial charge is 0.490 e. The van der Waals surface area contributed by atoms with E-state index >= 15 is 0 Å². The van der Waals surface area contributed by atoms with Gasteiger partial charge in [-0.25, -0.2) is 4.79 Å². The number of halogens is 3. The number of carboxylic acid groups (broad SMARTS) is 1. The monoisotopic (exact) mass is 261 g/mol. The van der Waals surface area contributed by atoms with Crippen molar-refractivity contribution >= 4 is 17.8 Å². The molecule has 96 valence electrons. The van der Waals surface area contributed by atoms with Crippen LogP contribution >= 0.6 is 0 Å². The molecule has 2 rings (SSSR count). The van der Waals surface area contributed by atoms with Crippen molar-refractivity contribution in [1.29, 1.82) is 0 Å². The number of hydrogen-bond donors (Lipinski definition) is 2. The number of carbonyl (C=O) groups excluding carboxylic acids is 2. The molecule has 0 aliphatic carbocycles. The van der Waals surface area contributed by atoms with E-state index in [1.807, 2.05) is 0 Å². The highest BCUT2D eigenvalue weighted by Crippen LogP contribution is 2.14. The van der Waals surface area contributed by atoms with Crippen molar-refractivity contribution < 1.29 is 32.7 Å². The fourth-order valence-electron chi connectivity index (χ4n) is 1.12. The van der Waals surface area contributed by atoms with E-state index < -0.39 is 12.1 Å². The lowest BCUT2D eigenvalue weighted by Crippen LogP contribution is -2.21. The molecular formula is C10H6F3NO4. The molecule has 1 heterocycles. The van der Waals surface area contributed by atoms with Crippen molar-refractivity contribution in [2.75, 3.05) is 0 Å². The summed E-state index contributed by atoms with van der Waals surface area (Å²) in [5, 5.41) is 9.33. The number of carbonyl (C=O) groups is 3. The van der Waals surface area contributed by atoms with E-state index in [9.17, 15) is 22.8 Å². The van der Waals surface area contributed by atoms with E-state index in [1.165, 1.54) is 0 Å². The van der Waals surface area contributed by atoms with Gasteiger partial charge in [0.2, 0.25) is 0 Å². The summed E-state index contributed by atoms with van der Waals surface area (Å²) in [6.07, 6.45) is -5.08. The Morgan fingerprint density at radius 2 is 1.39 bits per heavy atom. The molecule has 18 heavy (non-hydrogen) atoms. The Morgan fingerprint density at radius 3 is 1.67 bits per heavy atom. The summed E-state index contributed by atoms with van der Waals surface area (Å²) in [5.74, 6) is -3.36. The highest BCUT2D eigenvalue weighted by molar-refractivity contribution is 6.21. The van der Waals surface area contributed by atoms with Gasteiger partial charge in [0.05, 0.1) is 11.1 Å². The van der Waals surface area contributed by atoms with Crippen molar-refractivity contribution in [2.45, 2.75) is 6.18 Å². The number of alkyl halides is 3. The van der Waals surface area contributed by atoms with E-state index in [4.69, 9.17) is 9.90 Å². The normalized spacial score (nSPS) is 13.3. The van der Waals surface area contributed by atoms with E-state index in [0.717, 1.165) is 0 Å².